The minimum atomic E-state index is -4.26. The lowest BCUT2D eigenvalue weighted by molar-refractivity contribution is -0.148. The van der Waals surface area contributed by atoms with E-state index >= 15 is 0 Å². The molecule has 2 N–H and O–H groups in total. The van der Waals surface area contributed by atoms with E-state index in [1.165, 1.54) is 11.9 Å². The van der Waals surface area contributed by atoms with Gasteiger partial charge in [0.15, 0.2) is 0 Å². The lowest BCUT2D eigenvalue weighted by atomic mass is 10.1. The molecule has 0 spiro atoms. The highest BCUT2D eigenvalue weighted by atomic mass is 19.4. The van der Waals surface area contributed by atoms with Crippen molar-refractivity contribution in [1.29, 1.82) is 0 Å². The van der Waals surface area contributed by atoms with Gasteiger partial charge in [0.2, 0.25) is 0 Å². The molecule has 0 fully saturated rings. The maximum Gasteiger partial charge on any atom is 0.408 e. The third-order valence-corrected chi connectivity index (χ3v) is 2.45. The Morgan fingerprint density at radius 1 is 1.25 bits per heavy atom. The summed E-state index contributed by atoms with van der Waals surface area (Å²) in [6.07, 6.45) is -4.36. The van der Waals surface area contributed by atoms with E-state index in [0.717, 1.165) is 0 Å². The van der Waals surface area contributed by atoms with Gasteiger partial charge >= 0.3 is 6.18 Å². The molecule has 0 radical (unpaired) electrons. The molecule has 0 bridgehead atoms. The molecule has 5 heteroatoms. The molecule has 0 amide bonds. The third kappa shape index (κ3) is 3.13. The first kappa shape index (κ1) is 12.8. The fourth-order valence-corrected chi connectivity index (χ4v) is 1.58. The maximum atomic E-state index is 12.7. The van der Waals surface area contributed by atoms with E-state index in [2.05, 4.69) is 0 Å². The van der Waals surface area contributed by atoms with E-state index in [4.69, 9.17) is 5.73 Å². The van der Waals surface area contributed by atoms with Gasteiger partial charge in [-0.25, -0.2) is 0 Å². The van der Waals surface area contributed by atoms with Crippen LogP contribution < -0.4 is 10.6 Å². The van der Waals surface area contributed by atoms with Crippen molar-refractivity contribution in [3.05, 3.63) is 30.3 Å². The van der Waals surface area contributed by atoms with Gasteiger partial charge in [-0.1, -0.05) is 18.2 Å². The highest BCUT2D eigenvalue weighted by molar-refractivity contribution is 5.46. The molecule has 2 nitrogen and oxygen atoms in total. The zero-order valence-electron chi connectivity index (χ0n) is 9.04. The van der Waals surface area contributed by atoms with E-state index in [1.54, 1.807) is 30.3 Å². The van der Waals surface area contributed by atoms with Crippen LogP contribution in [0.2, 0.25) is 0 Å². The Morgan fingerprint density at radius 2 is 1.81 bits per heavy atom. The van der Waals surface area contributed by atoms with Gasteiger partial charge in [-0.2, -0.15) is 13.2 Å². The van der Waals surface area contributed by atoms with Crippen molar-refractivity contribution in [2.75, 3.05) is 18.5 Å². The summed E-state index contributed by atoms with van der Waals surface area (Å²) >= 11 is 0. The Kier molecular flexibility index (Phi) is 4.18. The van der Waals surface area contributed by atoms with Crippen LogP contribution in [-0.2, 0) is 0 Å². The first-order valence-corrected chi connectivity index (χ1v) is 5.01. The van der Waals surface area contributed by atoms with Crippen molar-refractivity contribution in [2.45, 2.75) is 18.6 Å². The van der Waals surface area contributed by atoms with E-state index in [9.17, 15) is 13.2 Å². The fraction of sp³-hybridized carbons (Fsp3) is 0.455. The summed E-state index contributed by atoms with van der Waals surface area (Å²) in [5.41, 5.74) is 5.76. The van der Waals surface area contributed by atoms with E-state index in [1.807, 2.05) is 0 Å². The second-order valence-corrected chi connectivity index (χ2v) is 3.58. The topological polar surface area (TPSA) is 29.3 Å². The Balaban J connectivity index is 2.87. The number of alkyl halides is 3. The molecule has 0 heterocycles. The second-order valence-electron chi connectivity index (χ2n) is 3.58. The monoisotopic (exact) mass is 232 g/mol. The van der Waals surface area contributed by atoms with Crippen LogP contribution in [0.1, 0.15) is 6.42 Å². The molecule has 0 saturated carbocycles. The fourth-order valence-electron chi connectivity index (χ4n) is 1.58. The molecule has 16 heavy (non-hydrogen) atoms. The number of hydrogen-bond donors (Lipinski definition) is 1. The highest BCUT2D eigenvalue weighted by Gasteiger charge is 2.41. The molecule has 0 aliphatic rings. The van der Waals surface area contributed by atoms with E-state index in [0.29, 0.717) is 5.69 Å². The molecular formula is C11H15F3N2. The van der Waals surface area contributed by atoms with Crippen molar-refractivity contribution in [3.8, 4) is 0 Å². The van der Waals surface area contributed by atoms with Crippen LogP contribution >= 0.6 is 0 Å². The van der Waals surface area contributed by atoms with Gasteiger partial charge in [0, 0.05) is 12.7 Å². The van der Waals surface area contributed by atoms with Gasteiger partial charge in [-0.05, 0) is 25.1 Å². The Morgan fingerprint density at radius 3 is 2.25 bits per heavy atom. The molecule has 1 aromatic rings. The van der Waals surface area contributed by atoms with Gasteiger partial charge in [0.05, 0.1) is 0 Å². The van der Waals surface area contributed by atoms with Crippen molar-refractivity contribution in [3.63, 3.8) is 0 Å². The molecule has 0 aliphatic carbocycles. The van der Waals surface area contributed by atoms with Crippen LogP contribution in [-0.4, -0.2) is 25.8 Å². The van der Waals surface area contributed by atoms with Crippen LogP contribution in [0.5, 0.6) is 0 Å². The SMILES string of the molecule is CN(c1ccccc1)C(CCN)C(F)(F)F. The van der Waals surface area contributed by atoms with Crippen LogP contribution in [0.25, 0.3) is 0 Å². The first-order valence-electron chi connectivity index (χ1n) is 5.01. The summed E-state index contributed by atoms with van der Waals surface area (Å²) in [7, 11) is 1.43. The molecule has 0 aliphatic heterocycles. The van der Waals surface area contributed by atoms with E-state index < -0.39 is 12.2 Å². The molecule has 1 rings (SSSR count). The van der Waals surface area contributed by atoms with Crippen molar-refractivity contribution < 1.29 is 13.2 Å². The molecule has 0 aromatic heterocycles. The summed E-state index contributed by atoms with van der Waals surface area (Å²) in [5.74, 6) is 0. The molecule has 1 atom stereocenters. The van der Waals surface area contributed by atoms with Crippen LogP contribution in [0.15, 0.2) is 30.3 Å². The predicted molar refractivity (Wildman–Crippen MR) is 58.4 cm³/mol. The number of nitrogens with two attached hydrogens (primary N) is 1. The van der Waals surface area contributed by atoms with Gasteiger partial charge < -0.3 is 10.6 Å². The maximum absolute atomic E-state index is 12.7. The second kappa shape index (κ2) is 5.21. The third-order valence-electron chi connectivity index (χ3n) is 2.45. The van der Waals surface area contributed by atoms with Crippen molar-refractivity contribution >= 4 is 5.69 Å². The summed E-state index contributed by atoms with van der Waals surface area (Å²) in [6.45, 7) is 0.0152. The summed E-state index contributed by atoms with van der Waals surface area (Å²) in [6, 6.07) is 6.96. The number of benzene rings is 1. The summed E-state index contributed by atoms with van der Waals surface area (Å²) in [5, 5.41) is 0. The zero-order chi connectivity index (χ0) is 12.2. The average molecular weight is 232 g/mol. The van der Waals surface area contributed by atoms with Crippen LogP contribution in [0.4, 0.5) is 18.9 Å². The molecule has 1 aromatic carbocycles. The van der Waals surface area contributed by atoms with Crippen LogP contribution in [0, 0.1) is 0 Å². The van der Waals surface area contributed by atoms with Gasteiger partial charge in [0.1, 0.15) is 6.04 Å². The zero-order valence-corrected chi connectivity index (χ0v) is 9.04. The molecule has 1 unspecified atom stereocenters. The number of hydrogen-bond acceptors (Lipinski definition) is 2. The van der Waals surface area contributed by atoms with Crippen molar-refractivity contribution in [2.24, 2.45) is 5.73 Å². The van der Waals surface area contributed by atoms with Gasteiger partial charge in [-0.15, -0.1) is 0 Å². The van der Waals surface area contributed by atoms with Gasteiger partial charge in [-0.3, -0.25) is 0 Å². The quantitative estimate of drug-likeness (QED) is 0.863. The normalized spacial score (nSPS) is 13.6. The number of anilines is 1. The summed E-state index contributed by atoms with van der Waals surface area (Å²) < 4.78 is 38.2. The Bertz CT molecular complexity index is 311. The number of para-hydroxylation sites is 1. The smallest absolute Gasteiger partial charge is 0.363 e. The largest absolute Gasteiger partial charge is 0.408 e. The Labute approximate surface area is 92.9 Å². The van der Waals surface area contributed by atoms with Crippen LogP contribution in [0.3, 0.4) is 0 Å². The number of nitrogens with zero attached hydrogens (tertiary/aromatic N) is 1. The number of halogens is 3. The van der Waals surface area contributed by atoms with Crippen molar-refractivity contribution in [1.82, 2.24) is 0 Å². The highest BCUT2D eigenvalue weighted by Crippen LogP contribution is 2.29. The first-order chi connectivity index (χ1) is 7.46. The lowest BCUT2D eigenvalue weighted by Gasteiger charge is -2.31. The predicted octanol–water partition coefficient (Wildman–Crippen LogP) is 2.40. The van der Waals surface area contributed by atoms with E-state index in [-0.39, 0.29) is 13.0 Å². The number of rotatable bonds is 4. The minimum Gasteiger partial charge on any atom is -0.363 e. The molecular weight excluding hydrogens is 217 g/mol. The molecule has 90 valence electrons. The lowest BCUT2D eigenvalue weighted by Crippen LogP contribution is -2.45. The Hall–Kier alpha value is -1.23. The average Bonchev–Trinajstić information content (AvgIpc) is 2.25. The summed E-state index contributed by atoms with van der Waals surface area (Å²) in [4.78, 5) is 1.22. The molecule has 0 saturated heterocycles. The standard InChI is InChI=1S/C11H15F3N2/c1-16(9-5-3-2-4-6-9)10(7-8-15)11(12,13)14/h2-6,10H,7-8,15H2,1H3. The minimum absolute atomic E-state index is 0.0152. The van der Waals surface area contributed by atoms with Gasteiger partial charge in [0.25, 0.3) is 0 Å².